The van der Waals surface area contributed by atoms with E-state index in [2.05, 4.69) is 5.32 Å². The fourth-order valence-electron chi connectivity index (χ4n) is 1.87. The SMILES string of the molecule is CCC(C)C(NC(=O)CCc1ccc(N)cc1)C(=O)O. The van der Waals surface area contributed by atoms with Gasteiger partial charge in [0.1, 0.15) is 6.04 Å². The average molecular weight is 278 g/mol. The summed E-state index contributed by atoms with van der Waals surface area (Å²) in [6, 6.07) is 6.48. The lowest BCUT2D eigenvalue weighted by Gasteiger charge is -2.20. The molecule has 1 aromatic rings. The summed E-state index contributed by atoms with van der Waals surface area (Å²) in [6.45, 7) is 3.72. The molecule has 5 heteroatoms. The number of nitrogens with one attached hydrogen (secondary N) is 1. The van der Waals surface area contributed by atoms with E-state index in [-0.39, 0.29) is 18.2 Å². The first-order valence-corrected chi connectivity index (χ1v) is 6.80. The number of carbonyl (C=O) groups excluding carboxylic acids is 1. The summed E-state index contributed by atoms with van der Waals surface area (Å²) in [5, 5.41) is 11.7. The van der Waals surface area contributed by atoms with E-state index in [1.165, 1.54) is 0 Å². The van der Waals surface area contributed by atoms with Crippen LogP contribution in [0.25, 0.3) is 0 Å². The number of carboxylic acids is 1. The second kappa shape index (κ2) is 7.53. The highest BCUT2D eigenvalue weighted by Crippen LogP contribution is 2.10. The molecular weight excluding hydrogens is 256 g/mol. The van der Waals surface area contributed by atoms with Gasteiger partial charge in [-0.25, -0.2) is 4.79 Å². The normalized spacial score (nSPS) is 13.5. The summed E-state index contributed by atoms with van der Waals surface area (Å²) in [7, 11) is 0. The first-order chi connectivity index (χ1) is 9.43. The van der Waals surface area contributed by atoms with Crippen molar-refractivity contribution < 1.29 is 14.7 Å². The lowest BCUT2D eigenvalue weighted by Crippen LogP contribution is -2.45. The zero-order valence-electron chi connectivity index (χ0n) is 11.9. The Kier molecular flexibility index (Phi) is 6.03. The molecule has 2 unspecified atom stereocenters. The van der Waals surface area contributed by atoms with Crippen LogP contribution in [0.1, 0.15) is 32.3 Å². The van der Waals surface area contributed by atoms with Gasteiger partial charge in [0, 0.05) is 12.1 Å². The number of aryl methyl sites for hydroxylation is 1. The molecule has 1 rings (SSSR count). The van der Waals surface area contributed by atoms with E-state index in [4.69, 9.17) is 10.8 Å². The van der Waals surface area contributed by atoms with Crippen molar-refractivity contribution in [2.24, 2.45) is 5.92 Å². The van der Waals surface area contributed by atoms with Crippen LogP contribution in [0.15, 0.2) is 24.3 Å². The molecule has 0 aliphatic rings. The Balaban J connectivity index is 2.49. The fourth-order valence-corrected chi connectivity index (χ4v) is 1.87. The van der Waals surface area contributed by atoms with Gasteiger partial charge in [-0.3, -0.25) is 4.79 Å². The van der Waals surface area contributed by atoms with Crippen LogP contribution in [0.2, 0.25) is 0 Å². The van der Waals surface area contributed by atoms with Crippen molar-refractivity contribution in [3.8, 4) is 0 Å². The van der Waals surface area contributed by atoms with Gasteiger partial charge in [-0.2, -0.15) is 0 Å². The number of carboxylic acid groups (broad SMARTS) is 1. The minimum absolute atomic E-state index is 0.0898. The van der Waals surface area contributed by atoms with Gasteiger partial charge >= 0.3 is 5.97 Å². The number of anilines is 1. The predicted molar refractivity (Wildman–Crippen MR) is 78.2 cm³/mol. The molecule has 0 aliphatic heterocycles. The number of hydrogen-bond acceptors (Lipinski definition) is 3. The lowest BCUT2D eigenvalue weighted by atomic mass is 9.99. The zero-order valence-corrected chi connectivity index (χ0v) is 11.9. The average Bonchev–Trinajstić information content (AvgIpc) is 2.43. The van der Waals surface area contributed by atoms with Crippen molar-refractivity contribution in [2.45, 2.75) is 39.2 Å². The molecule has 0 aromatic heterocycles. The van der Waals surface area contributed by atoms with E-state index in [1.54, 1.807) is 12.1 Å². The van der Waals surface area contributed by atoms with Crippen molar-refractivity contribution in [2.75, 3.05) is 5.73 Å². The Hall–Kier alpha value is -2.04. The summed E-state index contributed by atoms with van der Waals surface area (Å²) < 4.78 is 0. The first kappa shape index (κ1) is 16.0. The van der Waals surface area contributed by atoms with Crippen LogP contribution < -0.4 is 11.1 Å². The molecule has 110 valence electrons. The van der Waals surface area contributed by atoms with Gasteiger partial charge < -0.3 is 16.2 Å². The highest BCUT2D eigenvalue weighted by atomic mass is 16.4. The van der Waals surface area contributed by atoms with Crippen LogP contribution in [0.3, 0.4) is 0 Å². The highest BCUT2D eigenvalue weighted by molar-refractivity contribution is 5.83. The molecule has 0 heterocycles. The third-order valence-electron chi connectivity index (χ3n) is 3.42. The van der Waals surface area contributed by atoms with Crippen LogP contribution in [0, 0.1) is 5.92 Å². The summed E-state index contributed by atoms with van der Waals surface area (Å²) in [4.78, 5) is 22.9. The molecule has 0 bridgehead atoms. The van der Waals surface area contributed by atoms with Gasteiger partial charge in [-0.15, -0.1) is 0 Å². The molecule has 20 heavy (non-hydrogen) atoms. The summed E-state index contributed by atoms with van der Waals surface area (Å²) in [6.07, 6.45) is 1.54. The second-order valence-corrected chi connectivity index (χ2v) is 5.01. The molecule has 1 amide bonds. The summed E-state index contributed by atoms with van der Waals surface area (Å²) in [5.74, 6) is -1.32. The minimum Gasteiger partial charge on any atom is -0.480 e. The topological polar surface area (TPSA) is 92.4 Å². The Morgan fingerprint density at radius 1 is 1.30 bits per heavy atom. The van der Waals surface area contributed by atoms with Gasteiger partial charge in [-0.1, -0.05) is 32.4 Å². The maximum Gasteiger partial charge on any atom is 0.326 e. The van der Waals surface area contributed by atoms with Gasteiger partial charge in [0.25, 0.3) is 0 Å². The van der Waals surface area contributed by atoms with Crippen LogP contribution in [-0.4, -0.2) is 23.0 Å². The van der Waals surface area contributed by atoms with Gasteiger partial charge in [0.15, 0.2) is 0 Å². The molecule has 4 N–H and O–H groups in total. The van der Waals surface area contributed by atoms with Gasteiger partial charge in [0.05, 0.1) is 0 Å². The minimum atomic E-state index is -0.986. The molecule has 0 fully saturated rings. The number of hydrogen-bond donors (Lipinski definition) is 3. The standard InChI is InChI=1S/C15H22N2O3/c1-3-10(2)14(15(19)20)17-13(18)9-6-11-4-7-12(16)8-5-11/h4-5,7-8,10,14H,3,6,9,16H2,1-2H3,(H,17,18)(H,19,20). The lowest BCUT2D eigenvalue weighted by molar-refractivity contribution is -0.143. The first-order valence-electron chi connectivity index (χ1n) is 6.80. The maximum atomic E-state index is 11.8. The fraction of sp³-hybridized carbons (Fsp3) is 0.467. The van der Waals surface area contributed by atoms with Crippen LogP contribution in [0.4, 0.5) is 5.69 Å². The Morgan fingerprint density at radius 2 is 1.90 bits per heavy atom. The number of nitrogens with two attached hydrogens (primary N) is 1. The third kappa shape index (κ3) is 4.91. The summed E-state index contributed by atoms with van der Waals surface area (Å²) >= 11 is 0. The van der Waals surface area contributed by atoms with Crippen molar-refractivity contribution in [3.05, 3.63) is 29.8 Å². The van der Waals surface area contributed by atoms with E-state index >= 15 is 0 Å². The predicted octanol–water partition coefficient (Wildman–Crippen LogP) is 1.82. The van der Waals surface area contributed by atoms with E-state index in [9.17, 15) is 9.59 Å². The van der Waals surface area contributed by atoms with Crippen molar-refractivity contribution in [1.82, 2.24) is 5.32 Å². The number of nitrogen functional groups attached to an aromatic ring is 1. The van der Waals surface area contributed by atoms with Gasteiger partial charge in [0.2, 0.25) is 5.91 Å². The van der Waals surface area contributed by atoms with E-state index in [0.29, 0.717) is 18.5 Å². The van der Waals surface area contributed by atoms with Gasteiger partial charge in [-0.05, 0) is 30.0 Å². The van der Waals surface area contributed by atoms with Crippen molar-refractivity contribution in [1.29, 1.82) is 0 Å². The molecular formula is C15H22N2O3. The Morgan fingerprint density at radius 3 is 2.40 bits per heavy atom. The number of aliphatic carboxylic acids is 1. The molecule has 0 radical (unpaired) electrons. The molecule has 0 saturated heterocycles. The second-order valence-electron chi connectivity index (χ2n) is 5.01. The highest BCUT2D eigenvalue weighted by Gasteiger charge is 2.24. The van der Waals surface area contributed by atoms with Crippen LogP contribution >= 0.6 is 0 Å². The van der Waals surface area contributed by atoms with Crippen LogP contribution in [0.5, 0.6) is 0 Å². The van der Waals surface area contributed by atoms with Crippen molar-refractivity contribution in [3.63, 3.8) is 0 Å². The van der Waals surface area contributed by atoms with E-state index in [1.807, 2.05) is 26.0 Å². The largest absolute Gasteiger partial charge is 0.480 e. The smallest absolute Gasteiger partial charge is 0.326 e. The van der Waals surface area contributed by atoms with E-state index < -0.39 is 12.0 Å². The van der Waals surface area contributed by atoms with E-state index in [0.717, 1.165) is 5.56 Å². The number of amides is 1. The number of carbonyl (C=O) groups is 2. The summed E-state index contributed by atoms with van der Waals surface area (Å²) in [5.41, 5.74) is 7.27. The van der Waals surface area contributed by atoms with Crippen molar-refractivity contribution >= 4 is 17.6 Å². The Bertz CT molecular complexity index is 457. The maximum absolute atomic E-state index is 11.8. The number of rotatable bonds is 7. The molecule has 0 saturated carbocycles. The Labute approximate surface area is 119 Å². The molecule has 5 nitrogen and oxygen atoms in total. The third-order valence-corrected chi connectivity index (χ3v) is 3.42. The zero-order chi connectivity index (χ0) is 15.1. The monoisotopic (exact) mass is 278 g/mol. The van der Waals surface area contributed by atoms with Crippen LogP contribution in [-0.2, 0) is 16.0 Å². The molecule has 2 atom stereocenters. The quantitative estimate of drug-likeness (QED) is 0.663. The molecule has 1 aromatic carbocycles. The number of benzene rings is 1. The molecule has 0 aliphatic carbocycles. The molecule has 0 spiro atoms.